The lowest BCUT2D eigenvalue weighted by Crippen LogP contribution is -2.30. The molecule has 0 radical (unpaired) electrons. The second-order valence-electron chi connectivity index (χ2n) is 5.41. The second kappa shape index (κ2) is 8.96. The number of nitrogens with zero attached hydrogens (tertiary/aromatic N) is 2. The largest absolute Gasteiger partial charge is 0.383 e. The minimum absolute atomic E-state index is 0.792. The minimum atomic E-state index is 0.792. The lowest BCUT2D eigenvalue weighted by atomic mass is 10.2. The molecule has 1 aromatic carbocycles. The van der Waals surface area contributed by atoms with Crippen LogP contribution in [0.3, 0.4) is 0 Å². The smallest absolute Gasteiger partial charge is 0.102 e. The summed E-state index contributed by atoms with van der Waals surface area (Å²) in [6.07, 6.45) is 5.40. The molecule has 114 valence electrons. The highest BCUT2D eigenvalue weighted by molar-refractivity contribution is 7.99. The van der Waals surface area contributed by atoms with Crippen LogP contribution in [0.4, 0.5) is 5.69 Å². The van der Waals surface area contributed by atoms with Crippen molar-refractivity contribution in [1.29, 1.82) is 5.26 Å². The molecule has 0 bridgehead atoms. The Morgan fingerprint density at radius 2 is 2.00 bits per heavy atom. The van der Waals surface area contributed by atoms with Gasteiger partial charge in [-0.2, -0.15) is 5.26 Å². The van der Waals surface area contributed by atoms with Crippen molar-refractivity contribution in [1.82, 2.24) is 4.90 Å². The van der Waals surface area contributed by atoms with Crippen molar-refractivity contribution < 1.29 is 0 Å². The summed E-state index contributed by atoms with van der Waals surface area (Å²) in [4.78, 5) is 3.62. The van der Waals surface area contributed by atoms with Gasteiger partial charge in [-0.3, -0.25) is 0 Å². The fourth-order valence-electron chi connectivity index (χ4n) is 2.78. The Morgan fingerprint density at radius 3 is 2.67 bits per heavy atom. The van der Waals surface area contributed by atoms with Gasteiger partial charge in [-0.15, -0.1) is 11.8 Å². The van der Waals surface area contributed by atoms with Gasteiger partial charge in [0, 0.05) is 18.0 Å². The van der Waals surface area contributed by atoms with Crippen molar-refractivity contribution in [3.63, 3.8) is 0 Å². The van der Waals surface area contributed by atoms with Crippen molar-refractivity contribution in [2.45, 2.75) is 37.5 Å². The van der Waals surface area contributed by atoms with E-state index in [2.05, 4.69) is 23.2 Å². The zero-order chi connectivity index (χ0) is 14.9. The van der Waals surface area contributed by atoms with Gasteiger partial charge < -0.3 is 10.2 Å². The summed E-state index contributed by atoms with van der Waals surface area (Å²) in [5, 5.41) is 12.9. The maximum absolute atomic E-state index is 9.40. The molecule has 1 aliphatic rings. The zero-order valence-electron chi connectivity index (χ0n) is 12.9. The van der Waals surface area contributed by atoms with Gasteiger partial charge in [0.1, 0.15) is 6.07 Å². The first kappa shape index (κ1) is 16.2. The minimum Gasteiger partial charge on any atom is -0.383 e. The molecule has 1 aliphatic heterocycles. The maximum Gasteiger partial charge on any atom is 0.102 e. The predicted molar refractivity (Wildman–Crippen MR) is 91.0 cm³/mol. The zero-order valence-corrected chi connectivity index (χ0v) is 13.7. The molecule has 0 unspecified atom stereocenters. The average molecular weight is 303 g/mol. The molecular formula is C17H25N3S. The highest BCUT2D eigenvalue weighted by Crippen LogP contribution is 2.27. The Morgan fingerprint density at radius 1 is 1.24 bits per heavy atom. The molecule has 21 heavy (non-hydrogen) atoms. The number of hydrogen-bond donors (Lipinski definition) is 1. The van der Waals surface area contributed by atoms with Crippen molar-refractivity contribution >= 4 is 17.4 Å². The molecule has 1 saturated heterocycles. The van der Waals surface area contributed by atoms with Crippen LogP contribution in [0.2, 0.25) is 0 Å². The molecule has 1 heterocycles. The van der Waals surface area contributed by atoms with Crippen LogP contribution < -0.4 is 5.32 Å². The summed E-state index contributed by atoms with van der Waals surface area (Å²) in [5.74, 6) is 0.992. The SMILES string of the molecule is CCSc1cccc(NCCN2CCCCCC2)c1C#N. The summed E-state index contributed by atoms with van der Waals surface area (Å²) >= 11 is 1.73. The summed E-state index contributed by atoms with van der Waals surface area (Å²) < 4.78 is 0. The van der Waals surface area contributed by atoms with Gasteiger partial charge in [-0.1, -0.05) is 25.8 Å². The number of thioether (sulfide) groups is 1. The number of rotatable bonds is 6. The summed E-state index contributed by atoms with van der Waals surface area (Å²) in [6, 6.07) is 8.43. The van der Waals surface area contributed by atoms with E-state index < -0.39 is 0 Å². The highest BCUT2D eigenvalue weighted by atomic mass is 32.2. The molecule has 1 N–H and O–H groups in total. The molecule has 4 heteroatoms. The lowest BCUT2D eigenvalue weighted by Gasteiger charge is -2.20. The number of likely N-dealkylation sites (tertiary alicyclic amines) is 1. The van der Waals surface area contributed by atoms with Crippen LogP contribution in [0.15, 0.2) is 23.1 Å². The summed E-state index contributed by atoms with van der Waals surface area (Å²) in [6.45, 7) is 6.53. The molecular weight excluding hydrogens is 278 g/mol. The van der Waals surface area contributed by atoms with Crippen LogP contribution in [-0.4, -0.2) is 36.8 Å². The van der Waals surface area contributed by atoms with Gasteiger partial charge in [0.2, 0.25) is 0 Å². The Balaban J connectivity index is 1.90. The molecule has 0 aliphatic carbocycles. The molecule has 1 aromatic rings. The molecule has 2 rings (SSSR count). The summed E-state index contributed by atoms with van der Waals surface area (Å²) in [7, 11) is 0. The van der Waals surface area contributed by atoms with Crippen molar-refractivity contribution in [3.05, 3.63) is 23.8 Å². The van der Waals surface area contributed by atoms with Crippen molar-refractivity contribution in [3.8, 4) is 6.07 Å². The van der Waals surface area contributed by atoms with Crippen LogP contribution in [0.5, 0.6) is 0 Å². The predicted octanol–water partition coefficient (Wildman–Crippen LogP) is 3.96. The Bertz CT molecular complexity index is 473. The van der Waals surface area contributed by atoms with Gasteiger partial charge >= 0.3 is 0 Å². The Kier molecular flexibility index (Phi) is 6.91. The standard InChI is InChI=1S/C17H25N3S/c1-2-21-17-9-7-8-16(15(17)14-18)19-10-13-20-11-5-3-4-6-12-20/h7-9,19H,2-6,10-13H2,1H3. The van der Waals surface area contributed by atoms with Crippen LogP contribution in [0.25, 0.3) is 0 Å². The van der Waals surface area contributed by atoms with Crippen molar-refractivity contribution in [2.75, 3.05) is 37.2 Å². The third kappa shape index (κ3) is 4.94. The molecule has 0 spiro atoms. The maximum atomic E-state index is 9.40. The average Bonchev–Trinajstić information content (AvgIpc) is 2.77. The molecule has 1 fully saturated rings. The van der Waals surface area contributed by atoms with Crippen LogP contribution >= 0.6 is 11.8 Å². The quantitative estimate of drug-likeness (QED) is 0.807. The van der Waals surface area contributed by atoms with Gasteiger partial charge in [0.05, 0.1) is 11.3 Å². The van der Waals surface area contributed by atoms with E-state index in [1.54, 1.807) is 11.8 Å². The fourth-order valence-corrected chi connectivity index (χ4v) is 3.56. The van der Waals surface area contributed by atoms with Crippen LogP contribution in [0.1, 0.15) is 38.2 Å². The van der Waals surface area contributed by atoms with E-state index in [0.29, 0.717) is 0 Å². The van der Waals surface area contributed by atoms with E-state index in [4.69, 9.17) is 0 Å². The fraction of sp³-hybridized carbons (Fsp3) is 0.588. The van der Waals surface area contributed by atoms with E-state index in [-0.39, 0.29) is 0 Å². The van der Waals surface area contributed by atoms with E-state index in [0.717, 1.165) is 35.0 Å². The number of nitriles is 1. The Hall–Kier alpha value is -1.18. The van der Waals surface area contributed by atoms with Gasteiger partial charge in [-0.05, 0) is 43.8 Å². The van der Waals surface area contributed by atoms with E-state index in [1.807, 2.05) is 18.2 Å². The van der Waals surface area contributed by atoms with E-state index in [1.165, 1.54) is 38.8 Å². The first-order chi connectivity index (χ1) is 10.3. The summed E-state index contributed by atoms with van der Waals surface area (Å²) in [5.41, 5.74) is 1.77. The van der Waals surface area contributed by atoms with E-state index in [9.17, 15) is 5.26 Å². The van der Waals surface area contributed by atoms with Gasteiger partial charge in [0.25, 0.3) is 0 Å². The third-order valence-corrected chi connectivity index (χ3v) is 4.82. The molecule has 0 atom stereocenters. The monoisotopic (exact) mass is 303 g/mol. The topological polar surface area (TPSA) is 39.1 Å². The normalized spacial score (nSPS) is 16.2. The first-order valence-corrected chi connectivity index (χ1v) is 8.96. The van der Waals surface area contributed by atoms with Gasteiger partial charge in [-0.25, -0.2) is 0 Å². The lowest BCUT2D eigenvalue weighted by molar-refractivity contribution is 0.296. The van der Waals surface area contributed by atoms with Crippen LogP contribution in [0, 0.1) is 11.3 Å². The van der Waals surface area contributed by atoms with Crippen molar-refractivity contribution in [2.24, 2.45) is 0 Å². The molecule has 3 nitrogen and oxygen atoms in total. The van der Waals surface area contributed by atoms with Gasteiger partial charge in [0.15, 0.2) is 0 Å². The first-order valence-electron chi connectivity index (χ1n) is 7.97. The number of nitrogens with one attached hydrogen (secondary N) is 1. The van der Waals surface area contributed by atoms with E-state index >= 15 is 0 Å². The third-order valence-electron chi connectivity index (χ3n) is 3.88. The van der Waals surface area contributed by atoms with Crippen LogP contribution in [-0.2, 0) is 0 Å². The molecule has 0 saturated carbocycles. The number of benzene rings is 1. The highest BCUT2D eigenvalue weighted by Gasteiger charge is 2.10. The second-order valence-corrected chi connectivity index (χ2v) is 6.71. The molecule has 0 aromatic heterocycles. The number of hydrogen-bond acceptors (Lipinski definition) is 4. The Labute approximate surface area is 132 Å². The number of anilines is 1. The molecule has 0 amide bonds.